The number of hydrogen-bond acceptors (Lipinski definition) is 4. The maximum atomic E-state index is 13.2. The molecule has 0 spiro atoms. The molecule has 0 N–H and O–H groups in total. The first-order chi connectivity index (χ1) is 13.2. The lowest BCUT2D eigenvalue weighted by molar-refractivity contribution is -0.137. The molecule has 1 aliphatic heterocycles. The number of alkyl halides is 3. The molecule has 4 rings (SSSR count). The van der Waals surface area contributed by atoms with Crippen LogP contribution in [0, 0.1) is 0 Å². The number of amides is 1. The topological polar surface area (TPSA) is 68.3 Å². The Hall–Kier alpha value is -2.84. The Labute approximate surface area is 157 Å². The van der Waals surface area contributed by atoms with Crippen molar-refractivity contribution in [2.45, 2.75) is 44.9 Å². The second kappa shape index (κ2) is 6.35. The third-order valence-electron chi connectivity index (χ3n) is 5.12. The predicted octanol–water partition coefficient (Wildman–Crippen LogP) is 3.86. The quantitative estimate of drug-likeness (QED) is 0.663. The monoisotopic (exact) mass is 393 g/mol. The number of carbonyl (C=O) groups excluding carboxylic acids is 1. The van der Waals surface area contributed by atoms with Gasteiger partial charge in [0.2, 0.25) is 11.5 Å². The van der Waals surface area contributed by atoms with Gasteiger partial charge >= 0.3 is 6.18 Å². The minimum absolute atomic E-state index is 0.0355. The molecule has 1 unspecified atom stereocenters. The lowest BCUT2D eigenvalue weighted by Gasteiger charge is -2.17. The van der Waals surface area contributed by atoms with E-state index in [-0.39, 0.29) is 41.6 Å². The normalized spacial score (nSPS) is 18.0. The van der Waals surface area contributed by atoms with Crippen LogP contribution in [0.3, 0.4) is 0 Å². The zero-order valence-electron chi connectivity index (χ0n) is 15.3. The predicted molar refractivity (Wildman–Crippen MR) is 95.8 cm³/mol. The number of halogens is 3. The number of nitrogens with zero attached hydrogens (tertiary/aromatic N) is 3. The van der Waals surface area contributed by atoms with E-state index in [1.807, 2.05) is 6.92 Å². The van der Waals surface area contributed by atoms with Gasteiger partial charge in [0.25, 0.3) is 5.56 Å². The number of hydrogen-bond donors (Lipinski definition) is 0. The lowest BCUT2D eigenvalue weighted by Crippen LogP contribution is -2.28. The van der Waals surface area contributed by atoms with Crippen molar-refractivity contribution < 1.29 is 22.4 Å². The molecule has 1 atom stereocenters. The fourth-order valence-electron chi connectivity index (χ4n) is 3.73. The fourth-order valence-corrected chi connectivity index (χ4v) is 3.73. The Kier molecular flexibility index (Phi) is 4.20. The molecule has 1 amide bonds. The molecule has 1 aliphatic rings. The molecule has 1 aromatic carbocycles. The van der Waals surface area contributed by atoms with Crippen LogP contribution in [0.2, 0.25) is 0 Å². The van der Waals surface area contributed by atoms with Gasteiger partial charge in [-0.15, -0.1) is 0 Å². The number of furan rings is 1. The van der Waals surface area contributed by atoms with Crippen molar-refractivity contribution in [3.05, 3.63) is 39.9 Å². The highest BCUT2D eigenvalue weighted by Crippen LogP contribution is 2.34. The molecule has 0 saturated heterocycles. The van der Waals surface area contributed by atoms with Crippen molar-refractivity contribution in [1.29, 1.82) is 0 Å². The first kappa shape index (κ1) is 18.5. The Bertz CT molecular complexity index is 1150. The average Bonchev–Trinajstić information content (AvgIpc) is 2.93. The van der Waals surface area contributed by atoms with Crippen LogP contribution in [0.5, 0.6) is 0 Å². The molecule has 6 nitrogen and oxygen atoms in total. The summed E-state index contributed by atoms with van der Waals surface area (Å²) in [6, 6.07) is 2.73. The van der Waals surface area contributed by atoms with Crippen molar-refractivity contribution in [1.82, 2.24) is 14.5 Å². The SMILES string of the molecule is CCCC1CC(=O)N(C)Cc2nc3c(oc4cc(C(F)(F)F)ccc43)c(=O)n21. The van der Waals surface area contributed by atoms with Crippen LogP contribution in [0.4, 0.5) is 13.2 Å². The van der Waals surface area contributed by atoms with Crippen LogP contribution in [-0.2, 0) is 17.5 Å². The van der Waals surface area contributed by atoms with E-state index in [9.17, 15) is 22.8 Å². The fraction of sp³-hybridized carbons (Fsp3) is 0.421. The highest BCUT2D eigenvalue weighted by atomic mass is 19.4. The van der Waals surface area contributed by atoms with Crippen molar-refractivity contribution >= 4 is 28.0 Å². The highest BCUT2D eigenvalue weighted by molar-refractivity contribution is 6.02. The van der Waals surface area contributed by atoms with Gasteiger partial charge in [-0.2, -0.15) is 13.2 Å². The van der Waals surface area contributed by atoms with Crippen molar-refractivity contribution in [3.63, 3.8) is 0 Å². The smallest absolute Gasteiger partial charge is 0.416 e. The van der Waals surface area contributed by atoms with Gasteiger partial charge in [-0.1, -0.05) is 13.3 Å². The first-order valence-electron chi connectivity index (χ1n) is 8.99. The molecule has 0 aliphatic carbocycles. The summed E-state index contributed by atoms with van der Waals surface area (Å²) in [4.78, 5) is 31.5. The maximum absolute atomic E-state index is 13.2. The molecule has 0 saturated carbocycles. The number of fused-ring (bicyclic) bond motifs is 4. The van der Waals surface area contributed by atoms with Crippen LogP contribution in [0.15, 0.2) is 27.4 Å². The van der Waals surface area contributed by atoms with Crippen LogP contribution in [-0.4, -0.2) is 27.4 Å². The van der Waals surface area contributed by atoms with E-state index in [2.05, 4.69) is 4.98 Å². The van der Waals surface area contributed by atoms with Crippen LogP contribution in [0.1, 0.15) is 43.6 Å². The van der Waals surface area contributed by atoms with E-state index in [0.29, 0.717) is 17.6 Å². The Morgan fingerprint density at radius 3 is 2.71 bits per heavy atom. The molecule has 2 aromatic heterocycles. The molecular formula is C19H18F3N3O3. The minimum Gasteiger partial charge on any atom is -0.448 e. The van der Waals surface area contributed by atoms with Crippen LogP contribution >= 0.6 is 0 Å². The van der Waals surface area contributed by atoms with Gasteiger partial charge in [0.15, 0.2) is 0 Å². The minimum atomic E-state index is -4.51. The van der Waals surface area contributed by atoms with Gasteiger partial charge < -0.3 is 9.32 Å². The molecule has 28 heavy (non-hydrogen) atoms. The molecule has 3 aromatic rings. The van der Waals surface area contributed by atoms with E-state index in [4.69, 9.17) is 4.42 Å². The molecular weight excluding hydrogens is 375 g/mol. The number of aromatic nitrogens is 2. The van der Waals surface area contributed by atoms with E-state index in [0.717, 1.165) is 18.6 Å². The summed E-state index contributed by atoms with van der Waals surface area (Å²) in [5.41, 5.74) is -1.22. The molecule has 3 heterocycles. The summed E-state index contributed by atoms with van der Waals surface area (Å²) < 4.78 is 46.0. The third-order valence-corrected chi connectivity index (χ3v) is 5.12. The second-order valence-corrected chi connectivity index (χ2v) is 7.09. The van der Waals surface area contributed by atoms with Crippen LogP contribution < -0.4 is 5.56 Å². The molecule has 0 radical (unpaired) electrons. The Morgan fingerprint density at radius 1 is 1.29 bits per heavy atom. The van der Waals surface area contributed by atoms with Gasteiger partial charge in [-0.25, -0.2) is 4.98 Å². The molecule has 148 valence electrons. The van der Waals surface area contributed by atoms with Crippen molar-refractivity contribution in [2.24, 2.45) is 0 Å². The molecule has 0 bridgehead atoms. The summed E-state index contributed by atoms with van der Waals surface area (Å²) in [7, 11) is 1.64. The number of carbonyl (C=O) groups is 1. The average molecular weight is 393 g/mol. The highest BCUT2D eigenvalue weighted by Gasteiger charge is 2.32. The third kappa shape index (κ3) is 2.85. The van der Waals surface area contributed by atoms with Crippen molar-refractivity contribution in [3.8, 4) is 0 Å². The summed E-state index contributed by atoms with van der Waals surface area (Å²) >= 11 is 0. The lowest BCUT2D eigenvalue weighted by atomic mass is 10.1. The van der Waals surface area contributed by atoms with Gasteiger partial charge in [-0.05, 0) is 24.6 Å². The molecule has 9 heteroatoms. The van der Waals surface area contributed by atoms with Gasteiger partial charge in [0.05, 0.1) is 12.1 Å². The zero-order chi connectivity index (χ0) is 20.2. The summed E-state index contributed by atoms with van der Waals surface area (Å²) in [5, 5.41) is 0.341. The summed E-state index contributed by atoms with van der Waals surface area (Å²) in [6.07, 6.45) is -2.97. The van der Waals surface area contributed by atoms with Gasteiger partial charge in [0.1, 0.15) is 16.9 Å². The standard InChI is InChI=1S/C19H18F3N3O3/c1-3-4-11-8-15(26)24(2)9-14-23-16-12-6-5-10(19(20,21)22)7-13(12)28-17(16)18(27)25(11)14/h5-7,11H,3-4,8-9H2,1-2H3. The number of benzene rings is 1. The van der Waals surface area contributed by atoms with E-state index < -0.39 is 17.3 Å². The van der Waals surface area contributed by atoms with Crippen molar-refractivity contribution in [2.75, 3.05) is 7.05 Å². The summed E-state index contributed by atoms with van der Waals surface area (Å²) in [6.45, 7) is 2.10. The second-order valence-electron chi connectivity index (χ2n) is 7.09. The van der Waals surface area contributed by atoms with Crippen LogP contribution in [0.25, 0.3) is 22.1 Å². The first-order valence-corrected chi connectivity index (χ1v) is 8.99. The van der Waals surface area contributed by atoms with Gasteiger partial charge in [0, 0.05) is 24.9 Å². The summed E-state index contributed by atoms with van der Waals surface area (Å²) in [5.74, 6) is 0.326. The van der Waals surface area contributed by atoms with E-state index in [1.165, 1.54) is 15.5 Å². The van der Waals surface area contributed by atoms with E-state index in [1.54, 1.807) is 7.05 Å². The zero-order valence-corrected chi connectivity index (χ0v) is 15.3. The van der Waals surface area contributed by atoms with E-state index >= 15 is 0 Å². The Balaban J connectivity index is 1.99. The molecule has 0 fully saturated rings. The number of rotatable bonds is 2. The largest absolute Gasteiger partial charge is 0.448 e. The maximum Gasteiger partial charge on any atom is 0.416 e. The Morgan fingerprint density at radius 2 is 2.04 bits per heavy atom. The van der Waals surface area contributed by atoms with Gasteiger partial charge in [-0.3, -0.25) is 14.2 Å².